The van der Waals surface area contributed by atoms with Gasteiger partial charge in [-0.05, 0) is 6.07 Å². The first-order valence-electron chi connectivity index (χ1n) is 4.80. The molecular formula is C11H9N3OS. The Kier molecular flexibility index (Phi) is 1.94. The summed E-state index contributed by atoms with van der Waals surface area (Å²) in [6, 6.07) is 1.94. The first-order valence-corrected chi connectivity index (χ1v) is 5.61. The Morgan fingerprint density at radius 3 is 2.94 bits per heavy atom. The smallest absolute Gasteiger partial charge is 0.149 e. The second-order valence-electron chi connectivity index (χ2n) is 3.54. The molecule has 3 heterocycles. The second-order valence-corrected chi connectivity index (χ2v) is 4.63. The number of hydrogen-bond acceptors (Lipinski definition) is 4. The summed E-state index contributed by atoms with van der Waals surface area (Å²) in [5.41, 5.74) is 0. The van der Waals surface area contributed by atoms with Crippen LogP contribution in [0.2, 0.25) is 0 Å². The van der Waals surface area contributed by atoms with Gasteiger partial charge in [-0.15, -0.1) is 11.3 Å². The lowest BCUT2D eigenvalue weighted by Crippen LogP contribution is -1.87. The number of aromatic nitrogens is 3. The molecule has 0 fully saturated rings. The Hall–Kier alpha value is -1.88. The lowest BCUT2D eigenvalue weighted by Gasteiger charge is -1.95. The van der Waals surface area contributed by atoms with Gasteiger partial charge in [-0.25, -0.2) is 4.98 Å². The fourth-order valence-electron chi connectivity index (χ4n) is 1.66. The third-order valence-electron chi connectivity index (χ3n) is 2.47. The van der Waals surface area contributed by atoms with Crippen LogP contribution in [-0.4, -0.2) is 19.6 Å². The van der Waals surface area contributed by atoms with E-state index in [0.29, 0.717) is 0 Å². The summed E-state index contributed by atoms with van der Waals surface area (Å²) in [5.74, 6) is 1.12. The van der Waals surface area contributed by atoms with E-state index in [1.54, 1.807) is 23.7 Å². The van der Waals surface area contributed by atoms with Gasteiger partial charge in [-0.2, -0.15) is 0 Å². The SMILES string of the molecule is Cn1ccnc1-c1cc2c(O)cncc2s1. The van der Waals surface area contributed by atoms with Gasteiger partial charge in [-0.1, -0.05) is 0 Å². The zero-order valence-electron chi connectivity index (χ0n) is 8.58. The van der Waals surface area contributed by atoms with Crippen LogP contribution < -0.4 is 0 Å². The van der Waals surface area contributed by atoms with Crippen molar-refractivity contribution in [1.29, 1.82) is 0 Å². The average Bonchev–Trinajstić information content (AvgIpc) is 2.84. The van der Waals surface area contributed by atoms with Gasteiger partial charge >= 0.3 is 0 Å². The van der Waals surface area contributed by atoms with Crippen molar-refractivity contribution in [2.24, 2.45) is 7.05 Å². The van der Waals surface area contributed by atoms with E-state index in [1.165, 1.54) is 6.20 Å². The summed E-state index contributed by atoms with van der Waals surface area (Å²) in [5, 5.41) is 10.5. The van der Waals surface area contributed by atoms with E-state index in [-0.39, 0.29) is 5.75 Å². The van der Waals surface area contributed by atoms with Crippen molar-refractivity contribution in [2.75, 3.05) is 0 Å². The minimum atomic E-state index is 0.217. The molecule has 16 heavy (non-hydrogen) atoms. The molecule has 0 aliphatic heterocycles. The van der Waals surface area contributed by atoms with Crippen molar-refractivity contribution in [1.82, 2.24) is 14.5 Å². The molecule has 0 aromatic carbocycles. The van der Waals surface area contributed by atoms with Crippen LogP contribution in [0.4, 0.5) is 0 Å². The highest BCUT2D eigenvalue weighted by Gasteiger charge is 2.10. The van der Waals surface area contributed by atoms with E-state index in [1.807, 2.05) is 23.9 Å². The van der Waals surface area contributed by atoms with Crippen LogP contribution in [0.25, 0.3) is 20.8 Å². The third-order valence-corrected chi connectivity index (χ3v) is 3.53. The van der Waals surface area contributed by atoms with Crippen molar-refractivity contribution in [3.63, 3.8) is 0 Å². The molecule has 3 aromatic heterocycles. The first kappa shape index (κ1) is 9.35. The monoisotopic (exact) mass is 231 g/mol. The summed E-state index contributed by atoms with van der Waals surface area (Å²) in [7, 11) is 1.95. The van der Waals surface area contributed by atoms with Crippen molar-refractivity contribution in [2.45, 2.75) is 0 Å². The van der Waals surface area contributed by atoms with E-state index in [2.05, 4.69) is 9.97 Å². The standard InChI is InChI=1S/C11H9N3OS/c1-14-3-2-13-11(14)9-4-7-8(15)5-12-6-10(7)16-9/h2-6,15H,1H3. The maximum Gasteiger partial charge on any atom is 0.149 e. The highest BCUT2D eigenvalue weighted by atomic mass is 32.1. The summed E-state index contributed by atoms with van der Waals surface area (Å²) < 4.78 is 2.92. The number of hydrogen-bond donors (Lipinski definition) is 1. The summed E-state index contributed by atoms with van der Waals surface area (Å²) in [6.07, 6.45) is 6.87. The van der Waals surface area contributed by atoms with Crippen LogP contribution in [0.15, 0.2) is 30.9 Å². The summed E-state index contributed by atoms with van der Waals surface area (Å²) in [4.78, 5) is 9.28. The van der Waals surface area contributed by atoms with Crippen molar-refractivity contribution in [3.05, 3.63) is 30.9 Å². The highest BCUT2D eigenvalue weighted by molar-refractivity contribution is 7.22. The number of nitrogens with zero attached hydrogens (tertiary/aromatic N) is 3. The molecule has 0 atom stereocenters. The molecule has 0 aliphatic rings. The van der Waals surface area contributed by atoms with Crippen molar-refractivity contribution in [3.8, 4) is 16.5 Å². The number of aryl methyl sites for hydroxylation is 1. The van der Waals surface area contributed by atoms with Crippen molar-refractivity contribution < 1.29 is 5.11 Å². The Morgan fingerprint density at radius 1 is 1.38 bits per heavy atom. The molecule has 0 spiro atoms. The van der Waals surface area contributed by atoms with E-state index in [9.17, 15) is 5.11 Å². The van der Waals surface area contributed by atoms with Crippen LogP contribution in [0.3, 0.4) is 0 Å². The molecule has 1 N–H and O–H groups in total. The lowest BCUT2D eigenvalue weighted by molar-refractivity contribution is 0.479. The topological polar surface area (TPSA) is 50.9 Å². The minimum Gasteiger partial charge on any atom is -0.506 e. The van der Waals surface area contributed by atoms with Gasteiger partial charge in [0.25, 0.3) is 0 Å². The molecule has 4 nitrogen and oxygen atoms in total. The fraction of sp³-hybridized carbons (Fsp3) is 0.0909. The first-order chi connectivity index (χ1) is 7.75. The molecular weight excluding hydrogens is 222 g/mol. The van der Waals surface area contributed by atoms with Crippen LogP contribution in [0.5, 0.6) is 5.75 Å². The van der Waals surface area contributed by atoms with Gasteiger partial charge in [0.2, 0.25) is 0 Å². The van der Waals surface area contributed by atoms with E-state index in [4.69, 9.17) is 0 Å². The molecule has 0 radical (unpaired) electrons. The van der Waals surface area contributed by atoms with Gasteiger partial charge in [0.1, 0.15) is 11.6 Å². The minimum absolute atomic E-state index is 0.217. The Morgan fingerprint density at radius 2 is 2.25 bits per heavy atom. The molecule has 0 bridgehead atoms. The zero-order chi connectivity index (χ0) is 11.1. The third kappa shape index (κ3) is 1.29. The Labute approximate surface area is 95.8 Å². The summed E-state index contributed by atoms with van der Waals surface area (Å²) >= 11 is 1.58. The molecule has 0 saturated heterocycles. The molecule has 0 unspecified atom stereocenters. The van der Waals surface area contributed by atoms with Crippen LogP contribution in [0.1, 0.15) is 0 Å². The predicted molar refractivity (Wildman–Crippen MR) is 63.5 cm³/mol. The quantitative estimate of drug-likeness (QED) is 0.699. The van der Waals surface area contributed by atoms with Gasteiger partial charge in [0.05, 0.1) is 15.8 Å². The van der Waals surface area contributed by atoms with Gasteiger partial charge in [0, 0.05) is 31.0 Å². The molecule has 80 valence electrons. The fourth-order valence-corrected chi connectivity index (χ4v) is 2.75. The van der Waals surface area contributed by atoms with Crippen LogP contribution >= 0.6 is 11.3 Å². The van der Waals surface area contributed by atoms with E-state index < -0.39 is 0 Å². The molecule has 0 amide bonds. The number of pyridine rings is 1. The maximum absolute atomic E-state index is 9.67. The normalized spacial score (nSPS) is 11.1. The number of imidazole rings is 1. The Bertz CT molecular complexity index is 656. The molecule has 5 heteroatoms. The second kappa shape index (κ2) is 3.31. The number of fused-ring (bicyclic) bond motifs is 1. The molecule has 3 aromatic rings. The average molecular weight is 231 g/mol. The van der Waals surface area contributed by atoms with Crippen LogP contribution in [0, 0.1) is 0 Å². The molecule has 3 rings (SSSR count). The van der Waals surface area contributed by atoms with Crippen molar-refractivity contribution >= 4 is 21.4 Å². The lowest BCUT2D eigenvalue weighted by atomic mass is 10.3. The number of aromatic hydroxyl groups is 1. The van der Waals surface area contributed by atoms with Gasteiger partial charge < -0.3 is 9.67 Å². The Balaban J connectivity index is 2.27. The zero-order valence-corrected chi connectivity index (χ0v) is 9.40. The predicted octanol–water partition coefficient (Wildman–Crippen LogP) is 2.40. The number of rotatable bonds is 1. The van der Waals surface area contributed by atoms with Gasteiger partial charge in [0.15, 0.2) is 0 Å². The molecule has 0 saturated carbocycles. The summed E-state index contributed by atoms with van der Waals surface area (Å²) in [6.45, 7) is 0. The number of thiophene rings is 1. The maximum atomic E-state index is 9.67. The molecule has 0 aliphatic carbocycles. The van der Waals surface area contributed by atoms with Gasteiger partial charge in [-0.3, -0.25) is 4.98 Å². The van der Waals surface area contributed by atoms with E-state index >= 15 is 0 Å². The largest absolute Gasteiger partial charge is 0.506 e. The van der Waals surface area contributed by atoms with Crippen LogP contribution in [-0.2, 0) is 7.05 Å². The highest BCUT2D eigenvalue weighted by Crippen LogP contribution is 2.35. The van der Waals surface area contributed by atoms with E-state index in [0.717, 1.165) is 20.8 Å².